The predicted octanol–water partition coefficient (Wildman–Crippen LogP) is 1.35. The second kappa shape index (κ2) is 3.92. The molecule has 1 aromatic heterocycles. The van der Waals surface area contributed by atoms with Crippen molar-refractivity contribution in [1.29, 1.82) is 0 Å². The number of anilines is 2. The zero-order valence-corrected chi connectivity index (χ0v) is 9.24. The fraction of sp³-hybridized carbons (Fsp3) is 0.600. The number of rotatable bonds is 1. The molecule has 82 valence electrons. The zero-order valence-electron chi connectivity index (χ0n) is 9.24. The molecule has 2 N–H and O–H groups in total. The van der Waals surface area contributed by atoms with Gasteiger partial charge in [0.05, 0.1) is 7.11 Å². The van der Waals surface area contributed by atoms with Crippen molar-refractivity contribution in [2.24, 2.45) is 5.92 Å². The van der Waals surface area contributed by atoms with E-state index in [4.69, 9.17) is 4.74 Å². The van der Waals surface area contributed by atoms with Gasteiger partial charge >= 0.3 is 0 Å². The maximum Gasteiger partial charge on any atom is 0.242 e. The van der Waals surface area contributed by atoms with Gasteiger partial charge in [0.15, 0.2) is 5.82 Å². The molecule has 5 nitrogen and oxygen atoms in total. The van der Waals surface area contributed by atoms with Gasteiger partial charge in [-0.15, -0.1) is 0 Å². The molecule has 1 aliphatic heterocycles. The fourth-order valence-electron chi connectivity index (χ4n) is 1.59. The summed E-state index contributed by atoms with van der Waals surface area (Å²) in [5, 5.41) is 6.67. The normalized spacial score (nSPS) is 24.5. The molecule has 15 heavy (non-hydrogen) atoms. The van der Waals surface area contributed by atoms with Crippen LogP contribution in [0.5, 0.6) is 5.88 Å². The smallest absolute Gasteiger partial charge is 0.242 e. The van der Waals surface area contributed by atoms with Crippen molar-refractivity contribution in [3.05, 3.63) is 6.33 Å². The third-order valence-electron chi connectivity index (χ3n) is 2.82. The number of hydrogen-bond acceptors (Lipinski definition) is 5. The minimum absolute atomic E-state index is 0.387. The van der Waals surface area contributed by atoms with Crippen molar-refractivity contribution in [3.8, 4) is 5.88 Å². The van der Waals surface area contributed by atoms with Gasteiger partial charge in [-0.3, -0.25) is 0 Å². The highest BCUT2D eigenvalue weighted by molar-refractivity contribution is 5.70. The number of nitrogens with one attached hydrogen (secondary N) is 2. The molecule has 2 unspecified atom stereocenters. The first-order chi connectivity index (χ1) is 7.22. The highest BCUT2D eigenvalue weighted by Crippen LogP contribution is 2.31. The summed E-state index contributed by atoms with van der Waals surface area (Å²) in [6.07, 6.45) is 1.51. The lowest BCUT2D eigenvalue weighted by atomic mass is 10.1. The second-order valence-electron chi connectivity index (χ2n) is 3.90. The standard InChI is InChI=1S/C10H16N4O/c1-6-4-11-8-9(14-7(6)2)12-5-13-10(8)15-3/h5-7,11H,4H2,1-3H3,(H,12,13,14). The number of aromatic nitrogens is 2. The van der Waals surface area contributed by atoms with Gasteiger partial charge in [0.1, 0.15) is 12.0 Å². The van der Waals surface area contributed by atoms with E-state index in [1.54, 1.807) is 7.11 Å². The average Bonchev–Trinajstić information content (AvgIpc) is 2.39. The monoisotopic (exact) mass is 208 g/mol. The van der Waals surface area contributed by atoms with Gasteiger partial charge in [0.25, 0.3) is 0 Å². The third-order valence-corrected chi connectivity index (χ3v) is 2.82. The summed E-state index contributed by atoms with van der Waals surface area (Å²) in [5.74, 6) is 1.94. The number of fused-ring (bicyclic) bond motifs is 1. The van der Waals surface area contributed by atoms with E-state index in [1.165, 1.54) is 6.33 Å². The Kier molecular flexibility index (Phi) is 2.62. The molecule has 0 fully saturated rings. The quantitative estimate of drug-likeness (QED) is 0.729. The van der Waals surface area contributed by atoms with Gasteiger partial charge in [0.2, 0.25) is 5.88 Å². The van der Waals surface area contributed by atoms with Crippen molar-refractivity contribution < 1.29 is 4.74 Å². The molecule has 0 saturated carbocycles. The molecule has 0 bridgehead atoms. The SMILES string of the molecule is COc1ncnc2c1NCC(C)C(C)N2. The van der Waals surface area contributed by atoms with E-state index in [0.29, 0.717) is 17.8 Å². The van der Waals surface area contributed by atoms with Crippen LogP contribution >= 0.6 is 0 Å². The summed E-state index contributed by atoms with van der Waals surface area (Å²) in [5.41, 5.74) is 0.858. The van der Waals surface area contributed by atoms with Crippen LogP contribution in [0.15, 0.2) is 6.33 Å². The van der Waals surface area contributed by atoms with Gasteiger partial charge < -0.3 is 15.4 Å². The molecule has 5 heteroatoms. The van der Waals surface area contributed by atoms with Gasteiger partial charge in [0, 0.05) is 12.6 Å². The fourth-order valence-corrected chi connectivity index (χ4v) is 1.59. The van der Waals surface area contributed by atoms with Crippen molar-refractivity contribution in [2.45, 2.75) is 19.9 Å². The van der Waals surface area contributed by atoms with E-state index in [9.17, 15) is 0 Å². The van der Waals surface area contributed by atoms with Crippen LogP contribution in [-0.4, -0.2) is 29.7 Å². The van der Waals surface area contributed by atoms with Gasteiger partial charge in [-0.25, -0.2) is 4.98 Å². The van der Waals surface area contributed by atoms with Crippen LogP contribution in [0.1, 0.15) is 13.8 Å². The largest absolute Gasteiger partial charge is 0.479 e. The van der Waals surface area contributed by atoms with Crippen molar-refractivity contribution in [3.63, 3.8) is 0 Å². The first-order valence-electron chi connectivity index (χ1n) is 5.11. The molecule has 1 aliphatic rings. The molecule has 0 spiro atoms. The Hall–Kier alpha value is -1.52. The van der Waals surface area contributed by atoms with Crippen LogP contribution < -0.4 is 15.4 Å². The van der Waals surface area contributed by atoms with Gasteiger partial charge in [-0.1, -0.05) is 6.92 Å². The van der Waals surface area contributed by atoms with E-state index in [1.807, 2.05) is 0 Å². The van der Waals surface area contributed by atoms with Gasteiger partial charge in [-0.2, -0.15) is 4.98 Å². The van der Waals surface area contributed by atoms with Crippen LogP contribution in [0.4, 0.5) is 11.5 Å². The summed E-state index contributed by atoms with van der Waals surface area (Å²) >= 11 is 0. The molecular formula is C10H16N4O. The molecular weight excluding hydrogens is 192 g/mol. The van der Waals surface area contributed by atoms with Crippen molar-refractivity contribution in [1.82, 2.24) is 9.97 Å². The second-order valence-corrected chi connectivity index (χ2v) is 3.90. The zero-order chi connectivity index (χ0) is 10.8. The molecule has 0 amide bonds. The van der Waals surface area contributed by atoms with Gasteiger partial charge in [-0.05, 0) is 12.8 Å². The minimum atomic E-state index is 0.387. The van der Waals surface area contributed by atoms with Crippen LogP contribution in [0.2, 0.25) is 0 Å². The minimum Gasteiger partial charge on any atom is -0.479 e. The summed E-state index contributed by atoms with van der Waals surface area (Å²) in [7, 11) is 1.61. The topological polar surface area (TPSA) is 59.1 Å². The Bertz CT molecular complexity index is 355. The summed E-state index contributed by atoms with van der Waals surface area (Å²) < 4.78 is 5.19. The molecule has 2 rings (SSSR count). The predicted molar refractivity (Wildman–Crippen MR) is 59.3 cm³/mol. The maximum atomic E-state index is 5.19. The van der Waals surface area contributed by atoms with Crippen LogP contribution in [0, 0.1) is 5.92 Å². The average molecular weight is 208 g/mol. The molecule has 0 aliphatic carbocycles. The molecule has 0 radical (unpaired) electrons. The lowest BCUT2D eigenvalue weighted by molar-refractivity contribution is 0.399. The van der Waals surface area contributed by atoms with E-state index in [2.05, 4.69) is 34.4 Å². The summed E-state index contributed by atoms with van der Waals surface area (Å²) in [4.78, 5) is 8.27. The summed E-state index contributed by atoms with van der Waals surface area (Å²) in [6, 6.07) is 0.387. The Morgan fingerprint density at radius 2 is 2.20 bits per heavy atom. The van der Waals surface area contributed by atoms with E-state index in [-0.39, 0.29) is 0 Å². The van der Waals surface area contributed by atoms with E-state index >= 15 is 0 Å². The van der Waals surface area contributed by atoms with Crippen LogP contribution in [0.3, 0.4) is 0 Å². The number of ether oxygens (including phenoxy) is 1. The highest BCUT2D eigenvalue weighted by Gasteiger charge is 2.21. The Balaban J connectivity index is 2.37. The van der Waals surface area contributed by atoms with Crippen LogP contribution in [0.25, 0.3) is 0 Å². The maximum absolute atomic E-state index is 5.19. The summed E-state index contributed by atoms with van der Waals surface area (Å²) in [6.45, 7) is 5.23. The van der Waals surface area contributed by atoms with Crippen molar-refractivity contribution >= 4 is 11.5 Å². The number of hydrogen-bond donors (Lipinski definition) is 2. The Morgan fingerprint density at radius 3 is 2.93 bits per heavy atom. The van der Waals surface area contributed by atoms with Crippen LogP contribution in [-0.2, 0) is 0 Å². The van der Waals surface area contributed by atoms with E-state index in [0.717, 1.165) is 18.1 Å². The number of nitrogens with zero attached hydrogens (tertiary/aromatic N) is 2. The van der Waals surface area contributed by atoms with Crippen molar-refractivity contribution in [2.75, 3.05) is 24.3 Å². The molecule has 0 saturated heterocycles. The number of methoxy groups -OCH3 is 1. The molecule has 1 aromatic rings. The third kappa shape index (κ3) is 1.82. The first-order valence-corrected chi connectivity index (χ1v) is 5.11. The Morgan fingerprint density at radius 1 is 1.40 bits per heavy atom. The molecule has 2 atom stereocenters. The first kappa shape index (κ1) is 10.0. The lowest BCUT2D eigenvalue weighted by Gasteiger charge is -2.16. The molecule has 2 heterocycles. The highest BCUT2D eigenvalue weighted by atomic mass is 16.5. The Labute approximate surface area is 89.3 Å². The lowest BCUT2D eigenvalue weighted by Crippen LogP contribution is -2.25. The molecule has 0 aromatic carbocycles. The van der Waals surface area contributed by atoms with E-state index < -0.39 is 0 Å².